The summed E-state index contributed by atoms with van der Waals surface area (Å²) in [6.07, 6.45) is 1.52. The number of likely N-dealkylation sites (tertiary alicyclic amines) is 1. The number of ether oxygens (including phenoxy) is 1. The number of aromatic nitrogens is 1. The number of rotatable bonds is 6. The molecule has 1 aliphatic carbocycles. The Morgan fingerprint density at radius 2 is 1.77 bits per heavy atom. The van der Waals surface area contributed by atoms with Gasteiger partial charge in [-0.3, -0.25) is 4.79 Å². The molecule has 1 aromatic heterocycles. The molecule has 8 nitrogen and oxygen atoms in total. The summed E-state index contributed by atoms with van der Waals surface area (Å²) in [4.78, 5) is 42.8. The highest BCUT2D eigenvalue weighted by atomic mass is 32.1. The maximum absolute atomic E-state index is 12.8. The maximum atomic E-state index is 12.8. The summed E-state index contributed by atoms with van der Waals surface area (Å²) in [5.41, 5.74) is 4.60. The van der Waals surface area contributed by atoms with Crippen LogP contribution in [0.3, 0.4) is 0 Å². The molecule has 180 valence electrons. The van der Waals surface area contributed by atoms with Gasteiger partial charge in [-0.15, -0.1) is 11.3 Å². The molecule has 0 bridgehead atoms. The first-order valence-electron chi connectivity index (χ1n) is 11.5. The zero-order valence-electron chi connectivity index (χ0n) is 19.1. The van der Waals surface area contributed by atoms with Crippen LogP contribution < -0.4 is 5.32 Å². The molecule has 1 saturated heterocycles. The Balaban J connectivity index is 1.17. The lowest BCUT2D eigenvalue weighted by molar-refractivity contribution is -0.142. The molecule has 2 atom stereocenters. The zero-order chi connectivity index (χ0) is 24.5. The number of thiazole rings is 1. The van der Waals surface area contributed by atoms with E-state index in [2.05, 4.69) is 34.6 Å². The lowest BCUT2D eigenvalue weighted by Gasteiger charge is -2.22. The molecule has 0 radical (unpaired) electrons. The van der Waals surface area contributed by atoms with Crippen LogP contribution in [0.4, 0.5) is 4.79 Å². The fourth-order valence-corrected chi connectivity index (χ4v) is 5.79. The predicted octanol–water partition coefficient (Wildman–Crippen LogP) is 4.12. The number of benzene rings is 2. The highest BCUT2D eigenvalue weighted by molar-refractivity contribution is 7.13. The van der Waals surface area contributed by atoms with Gasteiger partial charge in [-0.05, 0) is 34.6 Å². The van der Waals surface area contributed by atoms with E-state index in [1.165, 1.54) is 11.1 Å². The Morgan fingerprint density at radius 3 is 2.43 bits per heavy atom. The van der Waals surface area contributed by atoms with Crippen molar-refractivity contribution in [2.24, 2.45) is 5.92 Å². The monoisotopic (exact) mass is 491 g/mol. The van der Waals surface area contributed by atoms with Crippen molar-refractivity contribution in [3.63, 3.8) is 0 Å². The third-order valence-corrected chi connectivity index (χ3v) is 7.69. The average Bonchev–Trinajstić information content (AvgIpc) is 3.57. The normalized spacial score (nSPS) is 18.7. The minimum atomic E-state index is -0.995. The second-order valence-electron chi connectivity index (χ2n) is 8.84. The van der Waals surface area contributed by atoms with E-state index in [0.717, 1.165) is 33.6 Å². The van der Waals surface area contributed by atoms with Gasteiger partial charge in [0, 0.05) is 12.5 Å². The van der Waals surface area contributed by atoms with Crippen molar-refractivity contribution in [2.45, 2.75) is 31.8 Å². The largest absolute Gasteiger partial charge is 0.480 e. The van der Waals surface area contributed by atoms with E-state index < -0.39 is 18.1 Å². The number of hydrogen-bond acceptors (Lipinski definition) is 6. The van der Waals surface area contributed by atoms with Gasteiger partial charge < -0.3 is 20.1 Å². The number of amides is 2. The van der Waals surface area contributed by atoms with E-state index >= 15 is 0 Å². The van der Waals surface area contributed by atoms with Crippen LogP contribution in [-0.4, -0.2) is 52.2 Å². The molecule has 2 amide bonds. The first-order valence-corrected chi connectivity index (χ1v) is 12.3. The van der Waals surface area contributed by atoms with E-state index in [1.54, 1.807) is 0 Å². The number of carboxylic acids is 1. The number of carboxylic acid groups (broad SMARTS) is 1. The molecule has 5 rings (SSSR count). The first kappa shape index (κ1) is 23.0. The minimum absolute atomic E-state index is 0.0257. The van der Waals surface area contributed by atoms with Gasteiger partial charge in [0.25, 0.3) is 5.91 Å². The van der Waals surface area contributed by atoms with Crippen LogP contribution in [0.1, 0.15) is 45.1 Å². The number of nitrogens with zero attached hydrogens (tertiary/aromatic N) is 2. The van der Waals surface area contributed by atoms with Gasteiger partial charge in [0.05, 0.1) is 12.7 Å². The molecule has 2 unspecified atom stereocenters. The predicted molar refractivity (Wildman–Crippen MR) is 130 cm³/mol. The van der Waals surface area contributed by atoms with Gasteiger partial charge in [-0.2, -0.15) is 0 Å². The van der Waals surface area contributed by atoms with Crippen molar-refractivity contribution in [1.82, 2.24) is 15.2 Å². The summed E-state index contributed by atoms with van der Waals surface area (Å²) < 4.78 is 5.54. The average molecular weight is 492 g/mol. The topological polar surface area (TPSA) is 109 Å². The number of hydrogen-bond donors (Lipinski definition) is 2. The molecule has 1 aliphatic heterocycles. The number of aliphatic carboxylic acids is 1. The van der Waals surface area contributed by atoms with Crippen LogP contribution in [0.2, 0.25) is 0 Å². The zero-order valence-corrected chi connectivity index (χ0v) is 20.0. The summed E-state index contributed by atoms with van der Waals surface area (Å²) in [7, 11) is 0. The van der Waals surface area contributed by atoms with Crippen LogP contribution in [0, 0.1) is 5.92 Å². The van der Waals surface area contributed by atoms with Crippen LogP contribution in [0.25, 0.3) is 11.1 Å². The number of carbonyl (C=O) groups excluding carboxylic acids is 2. The summed E-state index contributed by atoms with van der Waals surface area (Å²) in [5.74, 6) is -1.46. The van der Waals surface area contributed by atoms with Crippen molar-refractivity contribution in [1.29, 1.82) is 0 Å². The van der Waals surface area contributed by atoms with E-state index in [9.17, 15) is 19.5 Å². The molecule has 2 aromatic carbocycles. The molecule has 9 heteroatoms. The van der Waals surface area contributed by atoms with Crippen LogP contribution in [0.15, 0.2) is 54.7 Å². The van der Waals surface area contributed by atoms with E-state index in [1.807, 2.05) is 31.2 Å². The molecule has 2 aliphatic rings. The van der Waals surface area contributed by atoms with Crippen LogP contribution >= 0.6 is 11.3 Å². The smallest absolute Gasteiger partial charge is 0.407 e. The van der Waals surface area contributed by atoms with Crippen molar-refractivity contribution in [3.05, 3.63) is 75.7 Å². The summed E-state index contributed by atoms with van der Waals surface area (Å²) >= 11 is 1.14. The summed E-state index contributed by atoms with van der Waals surface area (Å²) in [6, 6.07) is 15.4. The third kappa shape index (κ3) is 4.39. The number of fused-ring (bicyclic) bond motifs is 3. The van der Waals surface area contributed by atoms with E-state index in [4.69, 9.17) is 4.74 Å². The fourth-order valence-electron chi connectivity index (χ4n) is 4.98. The second-order valence-corrected chi connectivity index (χ2v) is 9.96. The maximum Gasteiger partial charge on any atom is 0.407 e. The van der Waals surface area contributed by atoms with E-state index in [0.29, 0.717) is 22.9 Å². The van der Waals surface area contributed by atoms with Crippen molar-refractivity contribution < 1.29 is 24.2 Å². The van der Waals surface area contributed by atoms with Gasteiger partial charge in [-0.1, -0.05) is 55.5 Å². The fraction of sp³-hybridized carbons (Fsp3) is 0.308. The molecule has 1 fully saturated rings. The van der Waals surface area contributed by atoms with Crippen LogP contribution in [0.5, 0.6) is 0 Å². The van der Waals surface area contributed by atoms with Gasteiger partial charge in [0.15, 0.2) is 0 Å². The molecule has 0 spiro atoms. The lowest BCUT2D eigenvalue weighted by atomic mass is 9.98. The highest BCUT2D eigenvalue weighted by Gasteiger charge is 2.40. The molecular formula is C26H25N3O5S. The lowest BCUT2D eigenvalue weighted by Crippen LogP contribution is -2.42. The Bertz CT molecular complexity index is 1240. The minimum Gasteiger partial charge on any atom is -0.480 e. The third-order valence-electron chi connectivity index (χ3n) is 6.71. The van der Waals surface area contributed by atoms with Gasteiger partial charge in [0.1, 0.15) is 22.5 Å². The van der Waals surface area contributed by atoms with Crippen molar-refractivity contribution >= 4 is 29.3 Å². The summed E-state index contributed by atoms with van der Waals surface area (Å²) in [6.45, 7) is 2.57. The van der Waals surface area contributed by atoms with Crippen molar-refractivity contribution in [3.8, 4) is 11.1 Å². The molecule has 2 heterocycles. The van der Waals surface area contributed by atoms with Gasteiger partial charge in [-0.25, -0.2) is 14.6 Å². The standard InChI is InChI=1S/C26H25N3O5S/c1-15-10-11-29(23(15)25(31)32)24(30)21-12-27-22(35-21)13-28-26(33)34-14-20-18-8-4-2-6-16(18)17-7-3-5-9-19(17)20/h2-9,12,15,20,23H,10-11,13-14H2,1H3,(H,28,33)(H,31,32). The van der Waals surface area contributed by atoms with Crippen LogP contribution in [-0.2, 0) is 16.1 Å². The summed E-state index contributed by atoms with van der Waals surface area (Å²) in [5, 5.41) is 12.7. The quantitative estimate of drug-likeness (QED) is 0.537. The highest BCUT2D eigenvalue weighted by Crippen LogP contribution is 2.44. The molecule has 35 heavy (non-hydrogen) atoms. The first-order chi connectivity index (χ1) is 16.9. The van der Waals surface area contributed by atoms with Gasteiger partial charge in [0.2, 0.25) is 0 Å². The van der Waals surface area contributed by atoms with E-state index in [-0.39, 0.29) is 30.9 Å². The van der Waals surface area contributed by atoms with Crippen molar-refractivity contribution in [2.75, 3.05) is 13.2 Å². The number of alkyl carbamates (subject to hydrolysis) is 1. The Hall–Kier alpha value is -3.72. The molecule has 0 saturated carbocycles. The number of nitrogens with one attached hydrogen (secondary N) is 1. The van der Waals surface area contributed by atoms with Gasteiger partial charge >= 0.3 is 12.1 Å². The second kappa shape index (κ2) is 9.50. The molecular weight excluding hydrogens is 466 g/mol. The molecule has 2 N–H and O–H groups in total. The molecule has 3 aromatic rings. The SMILES string of the molecule is CC1CCN(C(=O)c2cnc(CNC(=O)OCC3c4ccccc4-c4ccccc43)s2)C1C(=O)O. The number of carbonyl (C=O) groups is 3. The Labute approximate surface area is 206 Å². The Morgan fingerprint density at radius 1 is 1.11 bits per heavy atom. The Kier molecular flexibility index (Phi) is 6.25.